The van der Waals surface area contributed by atoms with Crippen LogP contribution in [0.2, 0.25) is 0 Å². The van der Waals surface area contributed by atoms with Crippen LogP contribution in [0.5, 0.6) is 0 Å². The Morgan fingerprint density at radius 3 is 2.62 bits per heavy atom. The van der Waals surface area contributed by atoms with Crippen LogP contribution in [0.3, 0.4) is 0 Å². The number of hydrogen-bond acceptors (Lipinski definition) is 3. The summed E-state index contributed by atoms with van der Waals surface area (Å²) < 4.78 is 23.2. The number of rotatable bonds is 7. The Morgan fingerprint density at radius 2 is 2.05 bits per heavy atom. The maximum Gasteiger partial charge on any atom is 0.252 e. The number of carbonyl (C=O) groups is 1. The van der Waals surface area contributed by atoms with Crippen LogP contribution in [0.25, 0.3) is 0 Å². The van der Waals surface area contributed by atoms with Crippen LogP contribution in [0, 0.1) is 0 Å². The second-order valence-corrected chi connectivity index (χ2v) is 7.47. The van der Waals surface area contributed by atoms with Crippen molar-refractivity contribution in [1.82, 2.24) is 5.32 Å². The summed E-state index contributed by atoms with van der Waals surface area (Å²) in [5, 5.41) is 7.95. The van der Waals surface area contributed by atoms with Crippen molar-refractivity contribution in [1.29, 1.82) is 0 Å². The van der Waals surface area contributed by atoms with Crippen molar-refractivity contribution in [3.63, 3.8) is 0 Å². The maximum absolute atomic E-state index is 12.2. The summed E-state index contributed by atoms with van der Waals surface area (Å²) in [5.41, 5.74) is 0.267. The van der Waals surface area contributed by atoms with E-state index in [4.69, 9.17) is 5.14 Å². The molecule has 0 fully saturated rings. The van der Waals surface area contributed by atoms with E-state index < -0.39 is 10.0 Å². The predicted octanol–water partition coefficient (Wildman–Crippen LogP) is 2.80. The largest absolute Gasteiger partial charge is 0.350 e. The smallest absolute Gasteiger partial charge is 0.252 e. The lowest BCUT2D eigenvalue weighted by molar-refractivity contribution is 0.0937. The Bertz CT molecular complexity index is 602. The third-order valence-electron chi connectivity index (χ3n) is 3.13. The number of sulfonamides is 1. The molecule has 0 saturated heterocycles. The van der Waals surface area contributed by atoms with Gasteiger partial charge in [0.1, 0.15) is 0 Å². The van der Waals surface area contributed by atoms with E-state index in [1.807, 2.05) is 6.92 Å². The molecule has 0 aliphatic heterocycles. The lowest BCUT2D eigenvalue weighted by atomic mass is 10.1. The molecule has 1 aromatic carbocycles. The molecule has 0 spiro atoms. The minimum absolute atomic E-state index is 0.0362. The molecule has 3 N–H and O–H groups in total. The molecule has 21 heavy (non-hydrogen) atoms. The van der Waals surface area contributed by atoms with E-state index in [9.17, 15) is 13.2 Å². The molecule has 0 radical (unpaired) electrons. The monoisotopic (exact) mass is 376 g/mol. The van der Waals surface area contributed by atoms with Crippen LogP contribution in [0.1, 0.15) is 49.9 Å². The molecule has 5 nitrogen and oxygen atoms in total. The second-order valence-electron chi connectivity index (χ2n) is 5.06. The summed E-state index contributed by atoms with van der Waals surface area (Å²) in [6.07, 6.45) is 4.20. The highest BCUT2D eigenvalue weighted by atomic mass is 79.9. The van der Waals surface area contributed by atoms with E-state index in [1.165, 1.54) is 18.2 Å². The molecule has 0 aromatic heterocycles. The Labute approximate surface area is 134 Å². The number of benzene rings is 1. The number of amides is 1. The minimum atomic E-state index is -3.82. The first-order chi connectivity index (χ1) is 9.75. The summed E-state index contributed by atoms with van der Waals surface area (Å²) in [7, 11) is -3.82. The van der Waals surface area contributed by atoms with E-state index >= 15 is 0 Å². The molecular weight excluding hydrogens is 356 g/mol. The first-order valence-corrected chi connectivity index (χ1v) is 9.22. The maximum atomic E-state index is 12.2. The van der Waals surface area contributed by atoms with Gasteiger partial charge in [-0.05, 0) is 47.5 Å². The number of nitrogens with one attached hydrogen (secondary N) is 1. The molecule has 1 rings (SSSR count). The van der Waals surface area contributed by atoms with E-state index in [2.05, 4.69) is 28.2 Å². The van der Waals surface area contributed by atoms with Crippen molar-refractivity contribution in [3.05, 3.63) is 28.2 Å². The predicted molar refractivity (Wildman–Crippen MR) is 86.6 cm³/mol. The van der Waals surface area contributed by atoms with Gasteiger partial charge in [0.2, 0.25) is 10.0 Å². The number of carbonyl (C=O) groups excluding carboxylic acids is 1. The van der Waals surface area contributed by atoms with E-state index in [0.717, 1.165) is 25.7 Å². The Kier molecular flexibility index (Phi) is 6.83. The molecule has 1 amide bonds. The highest BCUT2D eigenvalue weighted by Crippen LogP contribution is 2.20. The van der Waals surface area contributed by atoms with E-state index in [1.54, 1.807) is 0 Å². The van der Waals surface area contributed by atoms with Gasteiger partial charge in [0.25, 0.3) is 5.91 Å². The molecule has 1 atom stereocenters. The number of halogens is 1. The lowest BCUT2D eigenvalue weighted by Crippen LogP contribution is -2.32. The molecule has 7 heteroatoms. The fraction of sp³-hybridized carbons (Fsp3) is 0.500. The molecule has 1 aromatic rings. The van der Waals surface area contributed by atoms with Crippen LogP contribution in [-0.4, -0.2) is 20.4 Å². The topological polar surface area (TPSA) is 89.3 Å². The van der Waals surface area contributed by atoms with Gasteiger partial charge in [0.05, 0.1) is 10.5 Å². The zero-order valence-corrected chi connectivity index (χ0v) is 14.6. The number of unbranched alkanes of at least 4 members (excludes halogenated alkanes) is 2. The van der Waals surface area contributed by atoms with Crippen molar-refractivity contribution in [2.75, 3.05) is 0 Å². The van der Waals surface area contributed by atoms with Crippen molar-refractivity contribution in [3.8, 4) is 0 Å². The van der Waals surface area contributed by atoms with Crippen LogP contribution >= 0.6 is 15.9 Å². The molecule has 0 aliphatic carbocycles. The van der Waals surface area contributed by atoms with Gasteiger partial charge in [-0.15, -0.1) is 0 Å². The fourth-order valence-electron chi connectivity index (χ4n) is 1.93. The standard InChI is InChI=1S/C14H21BrN2O3S/c1-3-4-5-6-10(2)17-14(18)12-9-11(21(16,19)20)7-8-13(12)15/h7-10H,3-6H2,1-2H3,(H,17,18)(H2,16,19,20). The van der Waals surface area contributed by atoms with E-state index in [-0.39, 0.29) is 22.4 Å². The highest BCUT2D eigenvalue weighted by Gasteiger charge is 2.16. The lowest BCUT2D eigenvalue weighted by Gasteiger charge is -2.14. The van der Waals surface area contributed by atoms with Crippen LogP contribution in [0.4, 0.5) is 0 Å². The number of hydrogen-bond donors (Lipinski definition) is 2. The van der Waals surface area contributed by atoms with Gasteiger partial charge >= 0.3 is 0 Å². The highest BCUT2D eigenvalue weighted by molar-refractivity contribution is 9.10. The molecule has 0 bridgehead atoms. The quantitative estimate of drug-likeness (QED) is 0.716. The van der Waals surface area contributed by atoms with Gasteiger partial charge in [0, 0.05) is 10.5 Å². The van der Waals surface area contributed by atoms with E-state index in [0.29, 0.717) is 4.47 Å². The third kappa shape index (κ3) is 5.76. The Balaban J connectivity index is 2.82. The summed E-state index contributed by atoms with van der Waals surface area (Å²) in [6, 6.07) is 4.19. The first kappa shape index (κ1) is 18.1. The summed E-state index contributed by atoms with van der Waals surface area (Å²) >= 11 is 3.26. The molecule has 0 heterocycles. The molecule has 0 saturated carbocycles. The Morgan fingerprint density at radius 1 is 1.38 bits per heavy atom. The van der Waals surface area contributed by atoms with Gasteiger partial charge in [-0.2, -0.15) is 0 Å². The second kappa shape index (κ2) is 7.91. The minimum Gasteiger partial charge on any atom is -0.350 e. The number of primary sulfonamides is 1. The fourth-order valence-corrected chi connectivity index (χ4v) is 2.90. The van der Waals surface area contributed by atoms with Gasteiger partial charge in [0.15, 0.2) is 0 Å². The van der Waals surface area contributed by atoms with Crippen molar-refractivity contribution < 1.29 is 13.2 Å². The zero-order valence-electron chi connectivity index (χ0n) is 12.2. The van der Waals surface area contributed by atoms with Crippen molar-refractivity contribution in [2.24, 2.45) is 5.14 Å². The average molecular weight is 377 g/mol. The van der Waals surface area contributed by atoms with Gasteiger partial charge in [-0.25, -0.2) is 13.6 Å². The SMILES string of the molecule is CCCCCC(C)NC(=O)c1cc(S(N)(=O)=O)ccc1Br. The van der Waals surface area contributed by atoms with Crippen molar-refractivity contribution >= 4 is 31.9 Å². The van der Waals surface area contributed by atoms with Crippen LogP contribution in [-0.2, 0) is 10.0 Å². The molecule has 0 aliphatic rings. The zero-order chi connectivity index (χ0) is 16.0. The molecule has 1 unspecified atom stereocenters. The van der Waals surface area contributed by atoms with Crippen LogP contribution < -0.4 is 10.5 Å². The molecule has 118 valence electrons. The average Bonchev–Trinajstić information content (AvgIpc) is 2.37. The first-order valence-electron chi connectivity index (χ1n) is 6.89. The number of nitrogens with two attached hydrogens (primary N) is 1. The normalized spacial score (nSPS) is 13.0. The van der Waals surface area contributed by atoms with Crippen molar-refractivity contribution in [2.45, 2.75) is 50.5 Å². The summed E-state index contributed by atoms with van der Waals surface area (Å²) in [5.74, 6) is -0.309. The van der Waals surface area contributed by atoms with Crippen LogP contribution in [0.15, 0.2) is 27.6 Å². The van der Waals surface area contributed by atoms with Gasteiger partial charge < -0.3 is 5.32 Å². The Hall–Kier alpha value is -0.920. The molecular formula is C14H21BrN2O3S. The van der Waals surface area contributed by atoms with Gasteiger partial charge in [-0.1, -0.05) is 26.2 Å². The third-order valence-corrected chi connectivity index (χ3v) is 4.73. The summed E-state index contributed by atoms with van der Waals surface area (Å²) in [4.78, 5) is 12.1. The van der Waals surface area contributed by atoms with Gasteiger partial charge in [-0.3, -0.25) is 4.79 Å². The summed E-state index contributed by atoms with van der Waals surface area (Å²) in [6.45, 7) is 4.06.